The molecule has 0 fully saturated rings. The molecule has 0 aliphatic carbocycles. The molecule has 3 aromatic rings. The number of nitrogens with one attached hydrogen (secondary N) is 1. The molecule has 2 nitrogen and oxygen atoms in total. The van der Waals surface area contributed by atoms with E-state index in [2.05, 4.69) is 107 Å². The van der Waals surface area contributed by atoms with Crippen LogP contribution >= 0.6 is 22.6 Å². The molecule has 0 amide bonds. The minimum Gasteiger partial charge on any atom is -0.468 e. The second-order valence-electron chi connectivity index (χ2n) is 6.31. The zero-order chi connectivity index (χ0) is 17.8. The van der Waals surface area contributed by atoms with Gasteiger partial charge >= 0.3 is 0 Å². The molecular weight excluding hydrogens is 433 g/mol. The highest BCUT2D eigenvalue weighted by atomic mass is 127. The summed E-state index contributed by atoms with van der Waals surface area (Å²) in [5, 5.41) is 3.78. The molecule has 1 aliphatic rings. The van der Waals surface area contributed by atoms with Crippen LogP contribution in [0.5, 0.6) is 0 Å². The minimum absolute atomic E-state index is 0.0788. The quantitative estimate of drug-likeness (QED) is 0.412. The molecule has 1 N–H and O–H groups in total. The summed E-state index contributed by atoms with van der Waals surface area (Å²) in [6.07, 6.45) is 2.19. The van der Waals surface area contributed by atoms with E-state index < -0.39 is 5.72 Å². The number of allylic oxidation sites excluding steroid dienone is 1. The molecular formula is C23H20INO. The van der Waals surface area contributed by atoms with E-state index in [0.29, 0.717) is 0 Å². The standard InChI is InChI=1S/C23H20INO/c24-17-21-16-22(18-10-4-1-5-11-18)25-23(26-21,19-12-6-2-7-13-19)20-14-8-3-9-15-20/h1-16,22,25H,17H2. The second kappa shape index (κ2) is 7.64. The Hall–Kier alpha value is -2.11. The van der Waals surface area contributed by atoms with Crippen LogP contribution in [0, 0.1) is 0 Å². The molecule has 1 atom stereocenters. The van der Waals surface area contributed by atoms with Crippen molar-refractivity contribution in [2.75, 3.05) is 4.43 Å². The van der Waals surface area contributed by atoms with Gasteiger partial charge in [-0.1, -0.05) is 114 Å². The summed E-state index contributed by atoms with van der Waals surface area (Å²) in [5.41, 5.74) is 2.72. The lowest BCUT2D eigenvalue weighted by Gasteiger charge is -2.42. The van der Waals surface area contributed by atoms with Gasteiger partial charge in [-0.15, -0.1) is 0 Å². The van der Waals surface area contributed by atoms with Crippen LogP contribution in [0.4, 0.5) is 0 Å². The van der Waals surface area contributed by atoms with Crippen molar-refractivity contribution >= 4 is 22.6 Å². The van der Waals surface area contributed by atoms with Crippen molar-refractivity contribution in [2.45, 2.75) is 11.8 Å². The Balaban J connectivity index is 1.87. The maximum atomic E-state index is 6.59. The van der Waals surface area contributed by atoms with Crippen LogP contribution in [-0.4, -0.2) is 4.43 Å². The molecule has 0 saturated carbocycles. The highest BCUT2D eigenvalue weighted by Gasteiger charge is 2.41. The molecule has 1 aliphatic heterocycles. The third kappa shape index (κ3) is 3.29. The maximum absolute atomic E-state index is 6.59. The number of benzene rings is 3. The van der Waals surface area contributed by atoms with Gasteiger partial charge in [0.2, 0.25) is 5.72 Å². The summed E-state index contributed by atoms with van der Waals surface area (Å²) < 4.78 is 7.41. The average molecular weight is 453 g/mol. The van der Waals surface area contributed by atoms with Gasteiger partial charge in [0, 0.05) is 11.1 Å². The van der Waals surface area contributed by atoms with Gasteiger partial charge in [0.25, 0.3) is 0 Å². The summed E-state index contributed by atoms with van der Waals surface area (Å²) in [6.45, 7) is 0. The summed E-state index contributed by atoms with van der Waals surface area (Å²) in [5.74, 6) is 0.992. The summed E-state index contributed by atoms with van der Waals surface area (Å²) in [6, 6.07) is 31.4. The molecule has 1 heterocycles. The highest BCUT2D eigenvalue weighted by molar-refractivity contribution is 14.1. The molecule has 26 heavy (non-hydrogen) atoms. The number of alkyl halides is 1. The number of rotatable bonds is 4. The fourth-order valence-corrected chi connectivity index (χ4v) is 3.83. The Morgan fingerprint density at radius 3 is 1.77 bits per heavy atom. The fraction of sp³-hybridized carbons (Fsp3) is 0.130. The maximum Gasteiger partial charge on any atom is 0.213 e. The number of halogens is 1. The Morgan fingerprint density at radius 2 is 1.27 bits per heavy atom. The van der Waals surface area contributed by atoms with Crippen LogP contribution in [0.3, 0.4) is 0 Å². The van der Waals surface area contributed by atoms with E-state index >= 15 is 0 Å². The van der Waals surface area contributed by atoms with Crippen LogP contribution in [0.15, 0.2) is 103 Å². The van der Waals surface area contributed by atoms with E-state index in [1.54, 1.807) is 0 Å². The van der Waals surface area contributed by atoms with E-state index in [9.17, 15) is 0 Å². The van der Waals surface area contributed by atoms with E-state index in [0.717, 1.165) is 21.3 Å². The summed E-state index contributed by atoms with van der Waals surface area (Å²) in [7, 11) is 0. The monoisotopic (exact) mass is 453 g/mol. The van der Waals surface area contributed by atoms with Gasteiger partial charge in [0.15, 0.2) is 0 Å². The van der Waals surface area contributed by atoms with Crippen molar-refractivity contribution in [3.8, 4) is 0 Å². The lowest BCUT2D eigenvalue weighted by atomic mass is 9.90. The zero-order valence-corrected chi connectivity index (χ0v) is 16.5. The zero-order valence-electron chi connectivity index (χ0n) is 14.3. The first-order chi connectivity index (χ1) is 12.8. The first kappa shape index (κ1) is 17.3. The Kier molecular flexibility index (Phi) is 5.09. The van der Waals surface area contributed by atoms with Crippen LogP contribution < -0.4 is 5.32 Å². The average Bonchev–Trinajstić information content (AvgIpc) is 2.75. The number of hydrogen-bond donors (Lipinski definition) is 1. The molecule has 0 aromatic heterocycles. The van der Waals surface area contributed by atoms with Crippen molar-refractivity contribution < 1.29 is 4.74 Å². The largest absolute Gasteiger partial charge is 0.468 e. The fourth-order valence-electron chi connectivity index (χ4n) is 3.42. The van der Waals surface area contributed by atoms with Gasteiger partial charge in [0.1, 0.15) is 5.76 Å². The van der Waals surface area contributed by atoms with Crippen molar-refractivity contribution in [3.63, 3.8) is 0 Å². The predicted molar refractivity (Wildman–Crippen MR) is 114 cm³/mol. The molecule has 130 valence electrons. The van der Waals surface area contributed by atoms with Crippen molar-refractivity contribution in [1.82, 2.24) is 5.32 Å². The molecule has 1 unspecified atom stereocenters. The van der Waals surface area contributed by atoms with Crippen LogP contribution in [0.1, 0.15) is 22.7 Å². The topological polar surface area (TPSA) is 21.3 Å². The first-order valence-corrected chi connectivity index (χ1v) is 10.2. The SMILES string of the molecule is ICC1=CC(c2ccccc2)NC(c2ccccc2)(c2ccccc2)O1. The summed E-state index contributed by atoms with van der Waals surface area (Å²) in [4.78, 5) is 0. The van der Waals surface area contributed by atoms with Gasteiger partial charge < -0.3 is 4.74 Å². The van der Waals surface area contributed by atoms with E-state index in [-0.39, 0.29) is 6.04 Å². The molecule has 0 bridgehead atoms. The molecule has 0 radical (unpaired) electrons. The van der Waals surface area contributed by atoms with Gasteiger partial charge in [-0.3, -0.25) is 5.32 Å². The molecule has 3 aromatic carbocycles. The Labute approximate surface area is 168 Å². The Bertz CT molecular complexity index is 838. The first-order valence-electron chi connectivity index (χ1n) is 8.71. The smallest absolute Gasteiger partial charge is 0.213 e. The predicted octanol–water partition coefficient (Wildman–Crippen LogP) is 5.57. The van der Waals surface area contributed by atoms with Crippen LogP contribution in [-0.2, 0) is 10.5 Å². The molecule has 0 saturated heterocycles. The van der Waals surface area contributed by atoms with Crippen LogP contribution in [0.2, 0.25) is 0 Å². The third-order valence-corrected chi connectivity index (χ3v) is 5.40. The number of ether oxygens (including phenoxy) is 1. The lowest BCUT2D eigenvalue weighted by Crippen LogP contribution is -2.49. The third-order valence-electron chi connectivity index (χ3n) is 4.65. The van der Waals surface area contributed by atoms with Gasteiger partial charge in [-0.25, -0.2) is 0 Å². The molecule has 4 rings (SSSR count). The van der Waals surface area contributed by atoms with Gasteiger partial charge in [-0.05, 0) is 11.6 Å². The van der Waals surface area contributed by atoms with Gasteiger partial charge in [-0.2, -0.15) is 0 Å². The van der Waals surface area contributed by atoms with E-state index in [1.165, 1.54) is 5.56 Å². The lowest BCUT2D eigenvalue weighted by molar-refractivity contribution is -0.0158. The summed E-state index contributed by atoms with van der Waals surface area (Å²) >= 11 is 2.37. The molecule has 3 heteroatoms. The van der Waals surface area contributed by atoms with E-state index in [1.807, 2.05) is 18.2 Å². The molecule has 0 spiro atoms. The normalized spacial score (nSPS) is 18.7. The van der Waals surface area contributed by atoms with Crippen molar-refractivity contribution in [1.29, 1.82) is 0 Å². The minimum atomic E-state index is -0.710. The van der Waals surface area contributed by atoms with Crippen molar-refractivity contribution in [2.24, 2.45) is 0 Å². The van der Waals surface area contributed by atoms with Crippen molar-refractivity contribution in [3.05, 3.63) is 120 Å². The number of hydrogen-bond acceptors (Lipinski definition) is 2. The van der Waals surface area contributed by atoms with Crippen LogP contribution in [0.25, 0.3) is 0 Å². The van der Waals surface area contributed by atoms with Gasteiger partial charge in [0.05, 0.1) is 10.5 Å². The second-order valence-corrected chi connectivity index (χ2v) is 7.08. The van der Waals surface area contributed by atoms with E-state index in [4.69, 9.17) is 4.74 Å². The Morgan fingerprint density at radius 1 is 0.769 bits per heavy atom. The highest BCUT2D eigenvalue weighted by Crippen LogP contribution is 2.40.